The molecule has 1 fully saturated rings. The predicted octanol–water partition coefficient (Wildman–Crippen LogP) is 4.40. The van der Waals surface area contributed by atoms with Crippen LogP contribution in [0.2, 0.25) is 0 Å². The zero-order valence-electron chi connectivity index (χ0n) is 11.2. The number of alkyl halides is 4. The number of methoxy groups -OCH3 is 1. The number of rotatable bonds is 4. The van der Waals surface area contributed by atoms with Gasteiger partial charge in [0.15, 0.2) is 5.89 Å². The van der Waals surface area contributed by atoms with Crippen LogP contribution in [0.5, 0.6) is 0 Å². The largest absolute Gasteiger partial charge is 0.444 e. The third-order valence-electron chi connectivity index (χ3n) is 3.74. The first-order valence-corrected chi connectivity index (χ1v) is 7.09. The predicted molar refractivity (Wildman–Crippen MR) is 67.5 cm³/mol. The van der Waals surface area contributed by atoms with Crippen molar-refractivity contribution in [3.05, 3.63) is 17.3 Å². The lowest BCUT2D eigenvalue weighted by atomic mass is 9.81. The second-order valence-corrected chi connectivity index (χ2v) is 5.35. The van der Waals surface area contributed by atoms with Crippen LogP contribution in [0.15, 0.2) is 4.42 Å². The van der Waals surface area contributed by atoms with E-state index in [0.29, 0.717) is 36.8 Å². The summed E-state index contributed by atoms with van der Waals surface area (Å²) in [6.07, 6.45) is -2.94. The summed E-state index contributed by atoms with van der Waals surface area (Å²) < 4.78 is 48.4. The highest BCUT2D eigenvalue weighted by Gasteiger charge is 2.42. The molecule has 0 atom stereocenters. The van der Waals surface area contributed by atoms with Gasteiger partial charge >= 0.3 is 6.18 Å². The molecule has 1 aromatic rings. The van der Waals surface area contributed by atoms with Gasteiger partial charge in [-0.05, 0) is 25.7 Å². The molecule has 114 valence electrons. The monoisotopic (exact) mass is 311 g/mol. The molecule has 1 saturated carbocycles. The lowest BCUT2D eigenvalue weighted by molar-refractivity contribution is -0.182. The topological polar surface area (TPSA) is 35.3 Å². The molecule has 1 aliphatic carbocycles. The van der Waals surface area contributed by atoms with Crippen molar-refractivity contribution < 1.29 is 22.3 Å². The highest BCUT2D eigenvalue weighted by atomic mass is 35.5. The molecule has 1 aliphatic rings. The quantitative estimate of drug-likeness (QED) is 0.773. The van der Waals surface area contributed by atoms with Gasteiger partial charge in [-0.15, -0.1) is 11.6 Å². The van der Waals surface area contributed by atoms with Crippen LogP contribution in [0.25, 0.3) is 0 Å². The van der Waals surface area contributed by atoms with E-state index in [9.17, 15) is 13.2 Å². The van der Waals surface area contributed by atoms with E-state index in [1.807, 2.05) is 0 Å². The fraction of sp³-hybridized carbons (Fsp3) is 0.769. The van der Waals surface area contributed by atoms with E-state index in [4.69, 9.17) is 20.8 Å². The van der Waals surface area contributed by atoms with Crippen LogP contribution in [0.4, 0.5) is 13.2 Å². The molecule has 0 bridgehead atoms. The van der Waals surface area contributed by atoms with Crippen LogP contribution in [0.3, 0.4) is 0 Å². The zero-order valence-corrected chi connectivity index (χ0v) is 11.9. The van der Waals surface area contributed by atoms with Gasteiger partial charge in [-0.1, -0.05) is 0 Å². The normalized spacial score (nSPS) is 24.1. The number of halogens is 4. The van der Waals surface area contributed by atoms with Crippen LogP contribution in [0, 0.1) is 5.92 Å². The van der Waals surface area contributed by atoms with Gasteiger partial charge in [-0.2, -0.15) is 13.2 Å². The SMILES string of the molecule is COCc1nc(C2CCC(C(F)(F)F)CC2)oc1CCl. The van der Waals surface area contributed by atoms with Crippen molar-refractivity contribution in [2.24, 2.45) is 5.92 Å². The number of ether oxygens (including phenoxy) is 1. The van der Waals surface area contributed by atoms with Gasteiger partial charge in [-0.3, -0.25) is 0 Å². The van der Waals surface area contributed by atoms with Gasteiger partial charge in [0.05, 0.1) is 18.4 Å². The van der Waals surface area contributed by atoms with E-state index in [2.05, 4.69) is 4.98 Å². The first kappa shape index (κ1) is 15.6. The van der Waals surface area contributed by atoms with Crippen LogP contribution in [0.1, 0.15) is 48.9 Å². The molecule has 0 N–H and O–H groups in total. The van der Waals surface area contributed by atoms with Crippen molar-refractivity contribution in [1.82, 2.24) is 4.98 Å². The Morgan fingerprint density at radius 1 is 1.30 bits per heavy atom. The summed E-state index contributed by atoms with van der Waals surface area (Å²) >= 11 is 5.77. The van der Waals surface area contributed by atoms with Gasteiger partial charge in [0, 0.05) is 13.0 Å². The molecule has 0 radical (unpaired) electrons. The van der Waals surface area contributed by atoms with Crippen molar-refractivity contribution >= 4 is 11.6 Å². The summed E-state index contributed by atoms with van der Waals surface area (Å²) in [5, 5.41) is 0. The van der Waals surface area contributed by atoms with Crippen LogP contribution in [-0.2, 0) is 17.2 Å². The first-order valence-electron chi connectivity index (χ1n) is 6.55. The second-order valence-electron chi connectivity index (χ2n) is 5.08. The van der Waals surface area contributed by atoms with E-state index in [1.54, 1.807) is 7.11 Å². The Labute approximate surface area is 120 Å². The maximum Gasteiger partial charge on any atom is 0.391 e. The molecule has 0 aromatic carbocycles. The fourth-order valence-corrected chi connectivity index (χ4v) is 2.81. The molecule has 0 unspecified atom stereocenters. The molecule has 7 heteroatoms. The maximum absolute atomic E-state index is 12.6. The maximum atomic E-state index is 12.6. The summed E-state index contributed by atoms with van der Waals surface area (Å²) in [7, 11) is 1.54. The number of nitrogens with zero attached hydrogens (tertiary/aromatic N) is 1. The zero-order chi connectivity index (χ0) is 14.8. The van der Waals surface area contributed by atoms with Crippen molar-refractivity contribution in [3.63, 3.8) is 0 Å². The smallest absolute Gasteiger partial charge is 0.391 e. The Kier molecular flexibility index (Phi) is 4.96. The van der Waals surface area contributed by atoms with Gasteiger partial charge in [0.25, 0.3) is 0 Å². The average molecular weight is 312 g/mol. The Balaban J connectivity index is 2.03. The molecule has 0 saturated heterocycles. The molecular weight excluding hydrogens is 295 g/mol. The minimum atomic E-state index is -4.09. The minimum absolute atomic E-state index is 0.0545. The van der Waals surface area contributed by atoms with Crippen molar-refractivity contribution in [2.75, 3.05) is 7.11 Å². The highest BCUT2D eigenvalue weighted by Crippen LogP contribution is 2.42. The van der Waals surface area contributed by atoms with Crippen molar-refractivity contribution in [3.8, 4) is 0 Å². The molecule has 1 aromatic heterocycles. The van der Waals surface area contributed by atoms with Gasteiger partial charge in [0.2, 0.25) is 0 Å². The summed E-state index contributed by atoms with van der Waals surface area (Å²) in [6, 6.07) is 0. The summed E-state index contributed by atoms with van der Waals surface area (Å²) in [5.74, 6) is -0.0283. The highest BCUT2D eigenvalue weighted by molar-refractivity contribution is 6.16. The molecular formula is C13H17ClF3NO2. The minimum Gasteiger partial charge on any atom is -0.444 e. The van der Waals surface area contributed by atoms with Crippen molar-refractivity contribution in [1.29, 1.82) is 0 Å². The van der Waals surface area contributed by atoms with Crippen LogP contribution >= 0.6 is 11.6 Å². The van der Waals surface area contributed by atoms with E-state index in [0.717, 1.165) is 0 Å². The molecule has 0 amide bonds. The van der Waals surface area contributed by atoms with E-state index in [-0.39, 0.29) is 24.6 Å². The van der Waals surface area contributed by atoms with E-state index >= 15 is 0 Å². The Hall–Kier alpha value is -0.750. The summed E-state index contributed by atoms with van der Waals surface area (Å²) in [4.78, 5) is 4.32. The standard InChI is InChI=1S/C13H17ClF3NO2/c1-19-7-10-11(6-14)20-12(18-10)8-2-4-9(5-3-8)13(15,16)17/h8-9H,2-7H2,1H3. The summed E-state index contributed by atoms with van der Waals surface area (Å²) in [6.45, 7) is 0.295. The van der Waals surface area contributed by atoms with Gasteiger partial charge < -0.3 is 9.15 Å². The number of oxazole rings is 1. The molecule has 2 rings (SSSR count). The fourth-order valence-electron chi connectivity index (χ4n) is 2.60. The molecule has 3 nitrogen and oxygen atoms in total. The van der Waals surface area contributed by atoms with Crippen molar-refractivity contribution in [2.45, 2.75) is 50.3 Å². The van der Waals surface area contributed by atoms with E-state index in [1.165, 1.54) is 0 Å². The third kappa shape index (κ3) is 3.47. The average Bonchev–Trinajstić information content (AvgIpc) is 2.81. The van der Waals surface area contributed by atoms with Crippen LogP contribution < -0.4 is 0 Å². The molecule has 1 heterocycles. The Bertz CT molecular complexity index is 439. The lowest BCUT2D eigenvalue weighted by Gasteiger charge is -2.28. The lowest BCUT2D eigenvalue weighted by Crippen LogP contribution is -2.27. The number of hydrogen-bond donors (Lipinski definition) is 0. The molecule has 20 heavy (non-hydrogen) atoms. The Morgan fingerprint density at radius 2 is 1.95 bits per heavy atom. The number of hydrogen-bond acceptors (Lipinski definition) is 3. The summed E-state index contributed by atoms with van der Waals surface area (Å²) in [5.41, 5.74) is 0.635. The van der Waals surface area contributed by atoms with Crippen LogP contribution in [-0.4, -0.2) is 18.3 Å². The first-order chi connectivity index (χ1) is 9.45. The molecule has 0 spiro atoms. The van der Waals surface area contributed by atoms with Gasteiger partial charge in [-0.25, -0.2) is 4.98 Å². The number of aromatic nitrogens is 1. The van der Waals surface area contributed by atoms with E-state index < -0.39 is 12.1 Å². The molecule has 0 aliphatic heterocycles. The second kappa shape index (κ2) is 6.35. The van der Waals surface area contributed by atoms with Gasteiger partial charge in [0.1, 0.15) is 11.5 Å². The third-order valence-corrected chi connectivity index (χ3v) is 3.98. The Morgan fingerprint density at radius 3 is 2.45 bits per heavy atom.